The summed E-state index contributed by atoms with van der Waals surface area (Å²) in [5.74, 6) is -7.89. The molecule has 4 bridgehead atoms. The molecular formula is C49H59N3O15. The molecule has 360 valence electrons. The molecule has 2 aromatic carbocycles. The Morgan fingerprint density at radius 1 is 0.985 bits per heavy atom. The molecule has 5 N–H and O–H groups in total. The van der Waals surface area contributed by atoms with Crippen LogP contribution in [0.4, 0.5) is 5.69 Å². The summed E-state index contributed by atoms with van der Waals surface area (Å²) < 4.78 is 41.6. The minimum atomic E-state index is -2.10. The normalized spacial score (nSPS) is 29.6. The number of carbonyl (C=O) groups is 3. The van der Waals surface area contributed by atoms with Crippen molar-refractivity contribution in [3.8, 4) is 34.5 Å². The Hall–Kier alpha value is -6.05. The lowest BCUT2D eigenvalue weighted by Crippen LogP contribution is -2.46. The van der Waals surface area contributed by atoms with Crippen LogP contribution in [0, 0.1) is 30.6 Å². The third kappa shape index (κ3) is 9.45. The molecule has 1 saturated heterocycles. The monoisotopic (exact) mass is 929 g/mol. The van der Waals surface area contributed by atoms with E-state index >= 15 is 0 Å². The lowest BCUT2D eigenvalue weighted by Gasteiger charge is -2.38. The molecule has 7 rings (SSSR count). The molecule has 0 radical (unpaired) electrons. The smallest absolute Gasteiger partial charge is 0.312 e. The summed E-state index contributed by atoms with van der Waals surface area (Å²) >= 11 is 0. The maximum Gasteiger partial charge on any atom is 0.312 e. The minimum absolute atomic E-state index is 0.0118. The number of hydrogen-bond donors (Lipinski definition) is 5. The number of ketones is 1. The average molecular weight is 930 g/mol. The second kappa shape index (κ2) is 19.7. The molecule has 18 heteroatoms. The van der Waals surface area contributed by atoms with Gasteiger partial charge in [-0.1, -0.05) is 45.9 Å². The molecule has 0 spiro atoms. The Bertz CT molecular complexity index is 2690. The number of phenols is 2. The number of aliphatic hydroxyl groups excluding tert-OH is 2. The van der Waals surface area contributed by atoms with Crippen molar-refractivity contribution >= 4 is 45.2 Å². The molecular weight excluding hydrogens is 871 g/mol. The van der Waals surface area contributed by atoms with E-state index in [1.165, 1.54) is 65.4 Å². The van der Waals surface area contributed by atoms with Crippen LogP contribution < -0.4 is 20.2 Å². The number of nitrogens with one attached hydrogen (secondary N) is 1. The van der Waals surface area contributed by atoms with Crippen LogP contribution in [0.25, 0.3) is 33.3 Å². The van der Waals surface area contributed by atoms with E-state index in [0.717, 1.165) is 13.1 Å². The highest BCUT2D eigenvalue weighted by atomic mass is 16.7. The molecule has 0 aromatic heterocycles. The predicted molar refractivity (Wildman–Crippen MR) is 245 cm³/mol. The standard InChI is InChI=1S/C49H59N3O15/c1-23-11-10-12-24(2)48(60)51-39-43(58)35-34(38-46(39)66-33-22-30(21-31(54)37(33)50-38)63-20-16-52-14-18-62-19-15-52)36-45(28(6)42(35)57)67-49(8,47(36)59)64-17-13-32(61-9)25(3)44(65-29(7)53)27(5)41(56)26(4)40(23)55/h10-13,17,21-23,25-27,32,40-41,44,54-57H,14-16,18-20H2,1-9H3,(H,51,60)/b11-10+,17-13+,24-12-/t23-,25+,26+,27+,32-,40-,41+,44+,49-/m0/s1. The van der Waals surface area contributed by atoms with Crippen LogP contribution in [-0.2, 0) is 28.5 Å². The summed E-state index contributed by atoms with van der Waals surface area (Å²) in [5, 5.41) is 48.3. The van der Waals surface area contributed by atoms with E-state index in [0.29, 0.717) is 19.8 Å². The number of carbonyl (C=O) groups excluding carboxylic acids is 3. The highest BCUT2D eigenvalue weighted by Gasteiger charge is 2.50. The number of phenolic OH excluding ortho intramolecular Hbond substituents is 2. The highest BCUT2D eigenvalue weighted by Crippen LogP contribution is 2.51. The second-order valence-electron chi connectivity index (χ2n) is 17.8. The molecule has 18 nitrogen and oxygen atoms in total. The molecule has 4 heterocycles. The molecule has 5 aliphatic rings. The van der Waals surface area contributed by atoms with Crippen molar-refractivity contribution in [1.82, 2.24) is 9.88 Å². The largest absolute Gasteiger partial charge is 0.507 e. The van der Waals surface area contributed by atoms with E-state index in [1.54, 1.807) is 39.8 Å². The summed E-state index contributed by atoms with van der Waals surface area (Å²) in [5.41, 5.74) is -1.66. The fourth-order valence-electron chi connectivity index (χ4n) is 9.07. The summed E-state index contributed by atoms with van der Waals surface area (Å²) in [6.45, 7) is 16.0. The van der Waals surface area contributed by atoms with Gasteiger partial charge in [-0.05, 0) is 19.9 Å². The maximum atomic E-state index is 14.8. The number of fused-ring (bicyclic) bond motifs is 2. The number of nitrogens with zero attached hydrogens (tertiary/aromatic N) is 2. The zero-order valence-electron chi connectivity index (χ0n) is 39.1. The minimum Gasteiger partial charge on any atom is -0.507 e. The number of morpholine rings is 1. The highest BCUT2D eigenvalue weighted by molar-refractivity contribution is 6.22. The molecule has 0 saturated carbocycles. The first-order valence-corrected chi connectivity index (χ1v) is 22.3. The fraction of sp³-hybridized carbons (Fsp3) is 0.490. The van der Waals surface area contributed by atoms with Gasteiger partial charge in [0, 0.05) is 92.9 Å². The van der Waals surface area contributed by atoms with Gasteiger partial charge < -0.3 is 58.6 Å². The van der Waals surface area contributed by atoms with Crippen LogP contribution in [0.15, 0.2) is 57.5 Å². The van der Waals surface area contributed by atoms with Crippen LogP contribution >= 0.6 is 0 Å². The van der Waals surface area contributed by atoms with E-state index in [9.17, 15) is 39.6 Å². The number of benzene rings is 3. The number of aromatic nitrogens is 1. The van der Waals surface area contributed by atoms with Crippen molar-refractivity contribution in [2.45, 2.75) is 85.6 Å². The van der Waals surface area contributed by atoms with Crippen LogP contribution in [0.3, 0.4) is 0 Å². The van der Waals surface area contributed by atoms with E-state index < -0.39 is 88.4 Å². The van der Waals surface area contributed by atoms with Crippen LogP contribution in [0.1, 0.15) is 64.4 Å². The summed E-state index contributed by atoms with van der Waals surface area (Å²) in [6.07, 6.45) is 3.38. The SMILES string of the molecule is CO[C@H]1/C=C/O[C@@]2(C)Oc3c(C)c(O)c4c(=O)c(c5oc6cc(OCCN7CCOCC7)cc(O)c6nc-5c4c3C2=O)NC(=O)/C(C)=C\C=C\[C@H](C)[C@H](O)[C@@H](C)[C@@H](O)[C@@H](C)[C@H](OC(C)=O)[C@@H]1C. The van der Waals surface area contributed by atoms with Crippen molar-refractivity contribution in [2.75, 3.05) is 51.9 Å². The summed E-state index contributed by atoms with van der Waals surface area (Å²) in [4.78, 5) is 62.9. The molecule has 67 heavy (non-hydrogen) atoms. The van der Waals surface area contributed by atoms with E-state index in [1.807, 2.05) is 0 Å². The lowest BCUT2D eigenvalue weighted by molar-refractivity contribution is -0.160. The number of amides is 1. The zero-order chi connectivity index (χ0) is 48.6. The topological polar surface area (TPSA) is 246 Å². The third-order valence-electron chi connectivity index (χ3n) is 13.2. The van der Waals surface area contributed by atoms with Crippen LogP contribution in [0.5, 0.6) is 23.0 Å². The number of Topliss-reactive ketones (excluding diaryl/α,β-unsaturated/α-hetero) is 1. The van der Waals surface area contributed by atoms with Crippen molar-refractivity contribution in [3.63, 3.8) is 0 Å². The number of aliphatic hydroxyl groups is 2. The quantitative estimate of drug-likeness (QED) is 0.0927. The summed E-state index contributed by atoms with van der Waals surface area (Å²) in [6, 6.07) is 2.84. The van der Waals surface area contributed by atoms with Crippen molar-refractivity contribution in [3.05, 3.63) is 69.6 Å². The first-order valence-electron chi connectivity index (χ1n) is 22.3. The van der Waals surface area contributed by atoms with Gasteiger partial charge in [0.2, 0.25) is 5.43 Å². The van der Waals surface area contributed by atoms with E-state index in [4.69, 9.17) is 37.8 Å². The molecule has 1 amide bonds. The van der Waals surface area contributed by atoms with Crippen molar-refractivity contribution < 1.29 is 67.6 Å². The van der Waals surface area contributed by atoms with Gasteiger partial charge in [-0.25, -0.2) is 4.98 Å². The van der Waals surface area contributed by atoms with Gasteiger partial charge in [0.25, 0.3) is 11.7 Å². The van der Waals surface area contributed by atoms with Gasteiger partial charge in [-0.2, -0.15) is 0 Å². The number of ether oxygens (including phenoxy) is 6. The van der Waals surface area contributed by atoms with Gasteiger partial charge in [0.1, 0.15) is 52.6 Å². The Balaban J connectivity index is 1.40. The first kappa shape index (κ1) is 48.9. The summed E-state index contributed by atoms with van der Waals surface area (Å²) in [7, 11) is 1.43. The van der Waals surface area contributed by atoms with E-state index in [2.05, 4.69) is 10.2 Å². The van der Waals surface area contributed by atoms with Gasteiger partial charge in [-0.15, -0.1) is 0 Å². The third-order valence-corrected chi connectivity index (χ3v) is 13.2. The number of esters is 1. The molecule has 0 unspecified atom stereocenters. The molecule has 1 aliphatic carbocycles. The van der Waals surface area contributed by atoms with E-state index in [-0.39, 0.29) is 73.9 Å². The number of anilines is 1. The van der Waals surface area contributed by atoms with Crippen molar-refractivity contribution in [1.29, 1.82) is 0 Å². The first-order chi connectivity index (χ1) is 31.8. The lowest BCUT2D eigenvalue weighted by atomic mass is 9.78. The van der Waals surface area contributed by atoms with Gasteiger partial charge >= 0.3 is 11.8 Å². The van der Waals surface area contributed by atoms with Gasteiger partial charge in [0.05, 0.1) is 48.7 Å². The Labute approximate surface area is 387 Å². The number of rotatable bonds is 6. The zero-order valence-corrected chi connectivity index (χ0v) is 39.1. The molecule has 1 fully saturated rings. The fourth-order valence-corrected chi connectivity index (χ4v) is 9.07. The number of hydrogen-bond acceptors (Lipinski definition) is 17. The van der Waals surface area contributed by atoms with Gasteiger partial charge in [0.15, 0.2) is 11.3 Å². The van der Waals surface area contributed by atoms with Gasteiger partial charge in [-0.3, -0.25) is 24.1 Å². The van der Waals surface area contributed by atoms with Crippen LogP contribution in [0.2, 0.25) is 0 Å². The Morgan fingerprint density at radius 3 is 2.39 bits per heavy atom. The number of aromatic hydroxyl groups is 2. The average Bonchev–Trinajstić information content (AvgIpc) is 3.56. The van der Waals surface area contributed by atoms with Crippen molar-refractivity contribution in [2.24, 2.45) is 23.7 Å². The molecule has 2 aromatic rings. The molecule has 9 atom stereocenters. The molecule has 4 aliphatic heterocycles. The number of methoxy groups -OCH3 is 1. The predicted octanol–water partition coefficient (Wildman–Crippen LogP) is 5.37. The number of allylic oxidation sites excluding steroid dienone is 2. The second-order valence-corrected chi connectivity index (χ2v) is 17.8. The van der Waals surface area contributed by atoms with Crippen LogP contribution in [-0.4, -0.2) is 125 Å². The Kier molecular flexibility index (Phi) is 14.3. The maximum absolute atomic E-state index is 14.8. The Morgan fingerprint density at radius 2 is 1.70 bits per heavy atom.